The fraction of sp³-hybridized carbons (Fsp3) is 0.611. The fourth-order valence-corrected chi connectivity index (χ4v) is 4.99. The Morgan fingerprint density at radius 1 is 1.27 bits per heavy atom. The van der Waals surface area contributed by atoms with Gasteiger partial charge < -0.3 is 14.4 Å². The summed E-state index contributed by atoms with van der Waals surface area (Å²) in [6.45, 7) is 4.33. The Morgan fingerprint density at radius 3 is 2.62 bits per heavy atom. The summed E-state index contributed by atoms with van der Waals surface area (Å²) in [5.41, 5.74) is 1.11. The van der Waals surface area contributed by atoms with Gasteiger partial charge in [0.1, 0.15) is 10.2 Å². The number of hydrogen-bond acceptors (Lipinski definition) is 6. The van der Waals surface area contributed by atoms with Gasteiger partial charge in [-0.1, -0.05) is 0 Å². The minimum Gasteiger partial charge on any atom is -0.347 e. The van der Waals surface area contributed by atoms with E-state index in [9.17, 15) is 9.59 Å². The van der Waals surface area contributed by atoms with Crippen molar-refractivity contribution in [3.8, 4) is 0 Å². The SMILES string of the molecule is Cc1sc2c(=O)n(C3CC3)cnc2c1C(=O)N1CCC2(CC1)OCCO2. The molecule has 2 aromatic rings. The first kappa shape index (κ1) is 16.4. The van der Waals surface area contributed by atoms with Gasteiger partial charge in [-0.05, 0) is 19.8 Å². The monoisotopic (exact) mass is 375 g/mol. The molecule has 0 radical (unpaired) electrons. The second-order valence-electron chi connectivity index (χ2n) is 7.30. The maximum Gasteiger partial charge on any atom is 0.271 e. The maximum atomic E-state index is 13.1. The van der Waals surface area contributed by atoms with Gasteiger partial charge in [0.2, 0.25) is 0 Å². The number of aryl methyl sites for hydroxylation is 1. The number of carbonyl (C=O) groups is 1. The van der Waals surface area contributed by atoms with Crippen LogP contribution >= 0.6 is 11.3 Å². The number of likely N-dealkylation sites (tertiary alicyclic amines) is 1. The Hall–Kier alpha value is -1.77. The van der Waals surface area contributed by atoms with Gasteiger partial charge in [-0.3, -0.25) is 14.2 Å². The van der Waals surface area contributed by atoms with Crippen LogP contribution in [0.2, 0.25) is 0 Å². The summed E-state index contributed by atoms with van der Waals surface area (Å²) in [7, 11) is 0. The van der Waals surface area contributed by atoms with E-state index < -0.39 is 5.79 Å². The topological polar surface area (TPSA) is 73.7 Å². The highest BCUT2D eigenvalue weighted by atomic mass is 32.1. The smallest absolute Gasteiger partial charge is 0.271 e. The van der Waals surface area contributed by atoms with E-state index in [1.165, 1.54) is 11.3 Å². The van der Waals surface area contributed by atoms with Crippen molar-refractivity contribution < 1.29 is 14.3 Å². The molecule has 8 heteroatoms. The molecule has 2 aromatic heterocycles. The van der Waals surface area contributed by atoms with E-state index in [1.807, 2.05) is 11.8 Å². The number of amides is 1. The highest BCUT2D eigenvalue weighted by Gasteiger charge is 2.41. The summed E-state index contributed by atoms with van der Waals surface area (Å²) in [6.07, 6.45) is 5.03. The van der Waals surface area contributed by atoms with Gasteiger partial charge >= 0.3 is 0 Å². The average Bonchev–Trinajstić information content (AvgIpc) is 3.29. The Morgan fingerprint density at radius 2 is 1.96 bits per heavy atom. The molecule has 138 valence electrons. The first-order chi connectivity index (χ1) is 12.6. The Kier molecular flexibility index (Phi) is 3.70. The number of thiophene rings is 1. The van der Waals surface area contributed by atoms with Crippen molar-refractivity contribution in [2.24, 2.45) is 0 Å². The number of piperidine rings is 1. The molecule has 0 atom stereocenters. The largest absolute Gasteiger partial charge is 0.347 e. The number of hydrogen-bond donors (Lipinski definition) is 0. The lowest BCUT2D eigenvalue weighted by atomic mass is 10.0. The van der Waals surface area contributed by atoms with Gasteiger partial charge in [-0.25, -0.2) is 4.98 Å². The second-order valence-corrected chi connectivity index (χ2v) is 8.52. The molecule has 7 nitrogen and oxygen atoms in total. The van der Waals surface area contributed by atoms with Gasteiger partial charge in [0.15, 0.2) is 5.79 Å². The third kappa shape index (κ3) is 2.51. The molecule has 1 aliphatic carbocycles. The van der Waals surface area contributed by atoms with Crippen LogP contribution in [0.25, 0.3) is 10.2 Å². The minimum atomic E-state index is -0.501. The molecule has 4 heterocycles. The van der Waals surface area contributed by atoms with Crippen molar-refractivity contribution in [3.63, 3.8) is 0 Å². The van der Waals surface area contributed by atoms with E-state index in [1.54, 1.807) is 10.9 Å². The van der Waals surface area contributed by atoms with E-state index in [0.717, 1.165) is 17.7 Å². The van der Waals surface area contributed by atoms with Gasteiger partial charge in [-0.15, -0.1) is 11.3 Å². The molecule has 2 saturated heterocycles. The molecule has 3 fully saturated rings. The third-order valence-electron chi connectivity index (χ3n) is 5.58. The van der Waals surface area contributed by atoms with Crippen LogP contribution in [-0.2, 0) is 9.47 Å². The predicted octanol–water partition coefficient (Wildman–Crippen LogP) is 2.08. The van der Waals surface area contributed by atoms with Gasteiger partial charge in [0.25, 0.3) is 11.5 Å². The number of aromatic nitrogens is 2. The third-order valence-corrected chi connectivity index (χ3v) is 6.66. The first-order valence-corrected chi connectivity index (χ1v) is 9.97. The molecule has 26 heavy (non-hydrogen) atoms. The minimum absolute atomic E-state index is 0.0185. The van der Waals surface area contributed by atoms with E-state index in [-0.39, 0.29) is 17.5 Å². The highest BCUT2D eigenvalue weighted by molar-refractivity contribution is 7.19. The number of fused-ring (bicyclic) bond motifs is 1. The normalized spacial score (nSPS) is 22.4. The van der Waals surface area contributed by atoms with E-state index in [4.69, 9.17) is 9.47 Å². The van der Waals surface area contributed by atoms with Crippen LogP contribution in [0.3, 0.4) is 0 Å². The van der Waals surface area contributed by atoms with Crippen molar-refractivity contribution >= 4 is 27.5 Å². The molecule has 1 spiro atoms. The summed E-state index contributed by atoms with van der Waals surface area (Å²) in [6, 6.07) is 0.283. The number of ether oxygens (including phenoxy) is 2. The highest BCUT2D eigenvalue weighted by Crippen LogP contribution is 2.36. The average molecular weight is 375 g/mol. The Labute approximate surface area is 154 Å². The van der Waals surface area contributed by atoms with Crippen LogP contribution in [0.4, 0.5) is 0 Å². The molecule has 0 bridgehead atoms. The summed E-state index contributed by atoms with van der Waals surface area (Å²) in [5, 5.41) is 0. The zero-order valence-corrected chi connectivity index (χ0v) is 15.5. The van der Waals surface area contributed by atoms with E-state index in [2.05, 4.69) is 4.98 Å². The maximum absolute atomic E-state index is 13.1. The van der Waals surface area contributed by atoms with Gasteiger partial charge in [0, 0.05) is 36.9 Å². The molecule has 5 rings (SSSR count). The van der Waals surface area contributed by atoms with Crippen molar-refractivity contribution in [1.29, 1.82) is 0 Å². The number of nitrogens with zero attached hydrogens (tertiary/aromatic N) is 3. The molecule has 0 N–H and O–H groups in total. The van der Waals surface area contributed by atoms with Crippen molar-refractivity contribution in [2.45, 2.75) is 44.4 Å². The zero-order chi connectivity index (χ0) is 17.9. The van der Waals surface area contributed by atoms with Crippen LogP contribution in [0.1, 0.15) is 47.0 Å². The van der Waals surface area contributed by atoms with E-state index in [0.29, 0.717) is 54.9 Å². The predicted molar refractivity (Wildman–Crippen MR) is 96.7 cm³/mol. The molecular weight excluding hydrogens is 354 g/mol. The molecule has 1 saturated carbocycles. The molecule has 0 aromatic carbocycles. The Bertz CT molecular complexity index is 930. The summed E-state index contributed by atoms with van der Waals surface area (Å²) >= 11 is 1.38. The van der Waals surface area contributed by atoms with Crippen molar-refractivity contribution in [2.75, 3.05) is 26.3 Å². The summed E-state index contributed by atoms with van der Waals surface area (Å²) in [4.78, 5) is 33.0. The first-order valence-electron chi connectivity index (χ1n) is 9.15. The lowest BCUT2D eigenvalue weighted by Crippen LogP contribution is -2.47. The second kappa shape index (κ2) is 5.87. The summed E-state index contributed by atoms with van der Waals surface area (Å²) in [5.74, 6) is -0.545. The summed E-state index contributed by atoms with van der Waals surface area (Å²) < 4.78 is 13.8. The van der Waals surface area contributed by atoms with Crippen LogP contribution in [-0.4, -0.2) is 52.4 Å². The Balaban J connectivity index is 1.45. The van der Waals surface area contributed by atoms with Gasteiger partial charge in [0.05, 0.1) is 25.1 Å². The number of rotatable bonds is 2. The molecular formula is C18H21N3O4S. The lowest BCUT2D eigenvalue weighted by Gasteiger charge is -2.37. The fourth-order valence-electron chi connectivity index (χ4n) is 3.95. The molecule has 0 unspecified atom stereocenters. The quantitative estimate of drug-likeness (QED) is 0.804. The van der Waals surface area contributed by atoms with Crippen LogP contribution < -0.4 is 5.56 Å². The van der Waals surface area contributed by atoms with Crippen LogP contribution in [0.15, 0.2) is 11.1 Å². The lowest BCUT2D eigenvalue weighted by molar-refractivity contribution is -0.181. The van der Waals surface area contributed by atoms with Crippen LogP contribution in [0.5, 0.6) is 0 Å². The standard InChI is InChI=1S/C18H21N3O4S/c1-11-13(14-15(26-11)17(23)21(10-19-14)12-2-3-12)16(22)20-6-4-18(5-7-20)24-8-9-25-18/h10,12H,2-9H2,1H3. The zero-order valence-electron chi connectivity index (χ0n) is 14.7. The molecule has 3 aliphatic rings. The van der Waals surface area contributed by atoms with Crippen molar-refractivity contribution in [1.82, 2.24) is 14.5 Å². The number of carbonyl (C=O) groups excluding carboxylic acids is 1. The molecule has 2 aliphatic heterocycles. The van der Waals surface area contributed by atoms with Crippen molar-refractivity contribution in [3.05, 3.63) is 27.1 Å². The van der Waals surface area contributed by atoms with E-state index >= 15 is 0 Å². The van der Waals surface area contributed by atoms with Gasteiger partial charge in [-0.2, -0.15) is 0 Å². The van der Waals surface area contributed by atoms with Crippen LogP contribution in [0, 0.1) is 6.92 Å². The molecule has 1 amide bonds.